The molecule has 3 atom stereocenters. The first-order chi connectivity index (χ1) is 15.9. The zero-order chi connectivity index (χ0) is 25.2. The van der Waals surface area contributed by atoms with Crippen LogP contribution in [-0.4, -0.2) is 60.3 Å². The zero-order valence-corrected chi connectivity index (χ0v) is 20.3. The van der Waals surface area contributed by atoms with Crippen LogP contribution in [0.4, 0.5) is 5.69 Å². The van der Waals surface area contributed by atoms with Crippen LogP contribution in [0.2, 0.25) is 0 Å². The van der Waals surface area contributed by atoms with E-state index < -0.39 is 40.1 Å². The van der Waals surface area contributed by atoms with E-state index in [4.69, 9.17) is 4.74 Å². The number of rotatable bonds is 7. The predicted octanol–water partition coefficient (Wildman–Crippen LogP) is 2.20. The fourth-order valence-corrected chi connectivity index (χ4v) is 5.35. The molecular weight excluding hydrogens is 460 g/mol. The molecule has 3 rings (SSSR count). The number of carbonyl (C=O) groups is 3. The Morgan fingerprint density at radius 2 is 1.82 bits per heavy atom. The third kappa shape index (κ3) is 5.52. The van der Waals surface area contributed by atoms with Gasteiger partial charge in [-0.15, -0.1) is 0 Å². The molecule has 2 aromatic carbocycles. The number of benzene rings is 2. The Morgan fingerprint density at radius 1 is 1.12 bits per heavy atom. The van der Waals surface area contributed by atoms with E-state index in [1.165, 1.54) is 32.0 Å². The molecule has 1 amide bonds. The Labute approximate surface area is 198 Å². The van der Waals surface area contributed by atoms with Crippen LogP contribution in [0, 0.1) is 13.8 Å². The van der Waals surface area contributed by atoms with Gasteiger partial charge in [0.15, 0.2) is 11.9 Å². The molecule has 0 radical (unpaired) electrons. The van der Waals surface area contributed by atoms with Crippen molar-refractivity contribution in [3.8, 4) is 0 Å². The number of β-amino-alcohol motifs (C(OH)–C–C–N with tert-alkyl or cyclic N) is 1. The summed E-state index contributed by atoms with van der Waals surface area (Å²) in [5.74, 6) is -1.74. The summed E-state index contributed by atoms with van der Waals surface area (Å²) in [6, 6.07) is 9.69. The van der Waals surface area contributed by atoms with Gasteiger partial charge < -0.3 is 15.2 Å². The number of carbonyl (C=O) groups excluding carboxylic acids is 3. The van der Waals surface area contributed by atoms with E-state index in [1.807, 2.05) is 6.92 Å². The van der Waals surface area contributed by atoms with Crippen LogP contribution in [0.1, 0.15) is 41.8 Å². The number of ketones is 1. The van der Waals surface area contributed by atoms with Gasteiger partial charge >= 0.3 is 5.97 Å². The van der Waals surface area contributed by atoms with Gasteiger partial charge in [-0.25, -0.2) is 8.42 Å². The van der Waals surface area contributed by atoms with E-state index in [0.717, 1.165) is 15.4 Å². The van der Waals surface area contributed by atoms with E-state index in [2.05, 4.69) is 5.32 Å². The molecule has 1 aliphatic heterocycles. The van der Waals surface area contributed by atoms with Crippen molar-refractivity contribution >= 4 is 33.4 Å². The number of ether oxygens (including phenoxy) is 1. The summed E-state index contributed by atoms with van der Waals surface area (Å²) in [6.45, 7) is 6.14. The zero-order valence-electron chi connectivity index (χ0n) is 19.4. The summed E-state index contributed by atoms with van der Waals surface area (Å²) in [6.07, 6.45) is -2.42. The van der Waals surface area contributed by atoms with Gasteiger partial charge in [0.2, 0.25) is 10.0 Å². The Kier molecular flexibility index (Phi) is 7.54. The van der Waals surface area contributed by atoms with Gasteiger partial charge in [-0.1, -0.05) is 18.2 Å². The first kappa shape index (κ1) is 25.5. The van der Waals surface area contributed by atoms with Gasteiger partial charge in [0.25, 0.3) is 5.91 Å². The second-order valence-corrected chi connectivity index (χ2v) is 10.3. The van der Waals surface area contributed by atoms with Crippen molar-refractivity contribution in [1.82, 2.24) is 4.31 Å². The molecule has 9 nitrogen and oxygen atoms in total. The predicted molar refractivity (Wildman–Crippen MR) is 125 cm³/mol. The number of amides is 1. The first-order valence-electron chi connectivity index (χ1n) is 10.8. The fourth-order valence-electron chi connectivity index (χ4n) is 3.64. The Morgan fingerprint density at radius 3 is 2.47 bits per heavy atom. The van der Waals surface area contributed by atoms with Gasteiger partial charge in [-0.05, 0) is 63.1 Å². The van der Waals surface area contributed by atoms with Gasteiger partial charge in [0, 0.05) is 24.2 Å². The maximum atomic E-state index is 13.2. The molecular formula is C24H28N2O7S. The molecule has 182 valence electrons. The highest BCUT2D eigenvalue weighted by molar-refractivity contribution is 7.89. The number of esters is 1. The minimum atomic E-state index is -4.08. The highest BCUT2D eigenvalue weighted by atomic mass is 32.2. The van der Waals surface area contributed by atoms with Crippen LogP contribution in [0.3, 0.4) is 0 Å². The second-order valence-electron chi connectivity index (χ2n) is 8.43. The first-order valence-corrected chi connectivity index (χ1v) is 12.2. The number of aliphatic hydroxyl groups excluding tert-OH is 1. The van der Waals surface area contributed by atoms with Crippen LogP contribution in [0.25, 0.3) is 0 Å². The fraction of sp³-hybridized carbons (Fsp3) is 0.375. The van der Waals surface area contributed by atoms with Gasteiger partial charge in [0.05, 0.1) is 11.0 Å². The molecule has 2 aromatic rings. The number of sulfonamides is 1. The molecule has 0 aromatic heterocycles. The maximum absolute atomic E-state index is 13.2. The topological polar surface area (TPSA) is 130 Å². The smallest absolute Gasteiger partial charge is 0.325 e. The molecule has 2 N–H and O–H groups in total. The summed E-state index contributed by atoms with van der Waals surface area (Å²) < 4.78 is 32.6. The third-order valence-corrected chi connectivity index (χ3v) is 7.66. The van der Waals surface area contributed by atoms with Gasteiger partial charge in [-0.3, -0.25) is 14.4 Å². The molecule has 34 heavy (non-hydrogen) atoms. The number of aryl methyl sites for hydroxylation is 2. The van der Waals surface area contributed by atoms with Crippen molar-refractivity contribution < 1.29 is 32.6 Å². The van der Waals surface area contributed by atoms with Gasteiger partial charge in [-0.2, -0.15) is 4.31 Å². The van der Waals surface area contributed by atoms with E-state index in [0.29, 0.717) is 11.3 Å². The molecule has 1 heterocycles. The van der Waals surface area contributed by atoms with Crippen LogP contribution in [-0.2, 0) is 24.3 Å². The summed E-state index contributed by atoms with van der Waals surface area (Å²) in [5, 5.41) is 12.7. The van der Waals surface area contributed by atoms with E-state index in [1.54, 1.807) is 31.2 Å². The SMILES string of the molecule is CC(=O)c1cccc(NC(=O)C(C)OC(=O)[C@@H]2CC(O)CN2S(=O)(=O)c2ccc(C)c(C)c2)c1. The van der Waals surface area contributed by atoms with E-state index >= 15 is 0 Å². The van der Waals surface area contributed by atoms with Crippen LogP contribution >= 0.6 is 0 Å². The number of nitrogens with zero attached hydrogens (tertiary/aromatic N) is 1. The molecule has 2 unspecified atom stereocenters. The molecule has 0 aliphatic carbocycles. The maximum Gasteiger partial charge on any atom is 0.325 e. The molecule has 0 saturated carbocycles. The molecule has 0 spiro atoms. The molecule has 1 saturated heterocycles. The Balaban J connectivity index is 1.73. The number of anilines is 1. The largest absolute Gasteiger partial charge is 0.451 e. The van der Waals surface area contributed by atoms with Crippen LogP contribution in [0.5, 0.6) is 0 Å². The number of hydrogen-bond donors (Lipinski definition) is 2. The Bertz CT molecular complexity index is 1230. The van der Waals surface area contributed by atoms with Gasteiger partial charge in [0.1, 0.15) is 6.04 Å². The second kappa shape index (κ2) is 10.0. The number of hydrogen-bond acceptors (Lipinski definition) is 7. The van der Waals surface area contributed by atoms with Crippen LogP contribution in [0.15, 0.2) is 47.4 Å². The average Bonchev–Trinajstić information content (AvgIpc) is 3.18. The molecule has 1 aliphatic rings. The molecule has 0 bridgehead atoms. The summed E-state index contributed by atoms with van der Waals surface area (Å²) >= 11 is 0. The Hall–Kier alpha value is -3.08. The number of aliphatic hydroxyl groups is 1. The van der Waals surface area contributed by atoms with Crippen molar-refractivity contribution in [3.63, 3.8) is 0 Å². The van der Waals surface area contributed by atoms with E-state index in [9.17, 15) is 27.9 Å². The highest BCUT2D eigenvalue weighted by Gasteiger charge is 2.45. The standard InChI is InChI=1S/C24H28N2O7S/c1-14-8-9-21(10-15(14)2)34(31,32)26-13-20(28)12-22(26)24(30)33-17(4)23(29)25-19-7-5-6-18(11-19)16(3)27/h5-11,17,20,22,28H,12-13H2,1-4H3,(H,25,29)/t17?,20?,22-/m0/s1. The molecule has 1 fully saturated rings. The number of Topliss-reactive ketones (excluding diaryl/α,β-unsaturated/α-hetero) is 1. The normalized spacial score (nSPS) is 19.4. The number of nitrogens with one attached hydrogen (secondary N) is 1. The van der Waals surface area contributed by atoms with Crippen molar-refractivity contribution in [2.45, 2.75) is 57.3 Å². The summed E-state index contributed by atoms with van der Waals surface area (Å²) in [4.78, 5) is 36.9. The highest BCUT2D eigenvalue weighted by Crippen LogP contribution is 2.28. The lowest BCUT2D eigenvalue weighted by Crippen LogP contribution is -2.43. The monoisotopic (exact) mass is 488 g/mol. The average molecular weight is 489 g/mol. The summed E-state index contributed by atoms with van der Waals surface area (Å²) in [5.41, 5.74) is 2.47. The van der Waals surface area contributed by atoms with Crippen molar-refractivity contribution in [2.75, 3.05) is 11.9 Å². The third-order valence-electron chi connectivity index (χ3n) is 5.79. The minimum absolute atomic E-state index is 0.0126. The lowest BCUT2D eigenvalue weighted by Gasteiger charge is -2.24. The molecule has 10 heteroatoms. The summed E-state index contributed by atoms with van der Waals surface area (Å²) in [7, 11) is -4.08. The minimum Gasteiger partial charge on any atom is -0.451 e. The quantitative estimate of drug-likeness (QED) is 0.451. The van der Waals surface area contributed by atoms with Crippen molar-refractivity contribution in [2.24, 2.45) is 0 Å². The lowest BCUT2D eigenvalue weighted by atomic mass is 10.1. The van der Waals surface area contributed by atoms with Crippen LogP contribution < -0.4 is 5.32 Å². The van der Waals surface area contributed by atoms with E-state index in [-0.39, 0.29) is 23.6 Å². The lowest BCUT2D eigenvalue weighted by molar-refractivity contribution is -0.156. The van der Waals surface area contributed by atoms with Crippen molar-refractivity contribution in [3.05, 3.63) is 59.2 Å². The van der Waals surface area contributed by atoms with Crippen molar-refractivity contribution in [1.29, 1.82) is 0 Å².